The van der Waals surface area contributed by atoms with Crippen LogP contribution in [-0.4, -0.2) is 30.1 Å². The van der Waals surface area contributed by atoms with Crippen LogP contribution >= 0.6 is 0 Å². The van der Waals surface area contributed by atoms with Gasteiger partial charge in [0.05, 0.1) is 17.3 Å². The first-order valence-corrected chi connectivity index (χ1v) is 4.33. The molecule has 0 aliphatic rings. The summed E-state index contributed by atoms with van der Waals surface area (Å²) in [6.07, 6.45) is 6.57. The molecule has 7 nitrogen and oxygen atoms in total. The van der Waals surface area contributed by atoms with Crippen LogP contribution in [0.2, 0.25) is 0 Å². The zero-order chi connectivity index (χ0) is 10.1. The fourth-order valence-electron chi connectivity index (χ4n) is 1.35. The minimum atomic E-state index is 0.744. The van der Waals surface area contributed by atoms with Crippen LogP contribution in [0, 0.1) is 0 Å². The number of pyridine rings is 1. The van der Waals surface area contributed by atoms with Gasteiger partial charge in [-0.3, -0.25) is 10.5 Å². The van der Waals surface area contributed by atoms with Crippen LogP contribution in [0.5, 0.6) is 0 Å². The van der Waals surface area contributed by atoms with Crippen molar-refractivity contribution in [2.75, 3.05) is 5.43 Å². The van der Waals surface area contributed by atoms with Gasteiger partial charge in [0.2, 0.25) is 0 Å². The van der Waals surface area contributed by atoms with E-state index in [2.05, 4.69) is 30.8 Å². The molecule has 3 heterocycles. The van der Waals surface area contributed by atoms with Gasteiger partial charge in [0, 0.05) is 6.20 Å². The first-order chi connectivity index (χ1) is 7.43. The fourth-order valence-corrected chi connectivity index (χ4v) is 1.35. The van der Waals surface area contributed by atoms with Crippen molar-refractivity contribution in [2.45, 2.75) is 0 Å². The van der Waals surface area contributed by atoms with E-state index < -0.39 is 0 Å². The molecule has 0 spiro atoms. The molecule has 0 saturated heterocycles. The highest BCUT2D eigenvalue weighted by Gasteiger charge is 2.02. The number of rotatable bonds is 2. The first kappa shape index (κ1) is 7.92. The van der Waals surface area contributed by atoms with E-state index >= 15 is 0 Å². The van der Waals surface area contributed by atoms with Crippen LogP contribution in [0.4, 0.5) is 5.69 Å². The molecule has 0 fully saturated rings. The first-order valence-electron chi connectivity index (χ1n) is 4.33. The number of aromatic nitrogens is 6. The van der Waals surface area contributed by atoms with Crippen LogP contribution < -0.4 is 5.43 Å². The Morgan fingerprint density at radius 2 is 2.13 bits per heavy atom. The monoisotopic (exact) mass is 201 g/mol. The molecule has 0 aliphatic heterocycles. The van der Waals surface area contributed by atoms with E-state index in [1.165, 1.54) is 0 Å². The summed E-state index contributed by atoms with van der Waals surface area (Å²) >= 11 is 0. The zero-order valence-corrected chi connectivity index (χ0v) is 7.62. The van der Waals surface area contributed by atoms with Crippen molar-refractivity contribution in [1.82, 2.24) is 30.1 Å². The Labute approximate surface area is 84.1 Å². The molecule has 7 heteroatoms. The molecule has 3 aromatic heterocycles. The topological polar surface area (TPSA) is 84.3 Å². The summed E-state index contributed by atoms with van der Waals surface area (Å²) in [5.74, 6) is 0. The van der Waals surface area contributed by atoms with Crippen LogP contribution in [0.25, 0.3) is 11.0 Å². The summed E-state index contributed by atoms with van der Waals surface area (Å²) in [6.45, 7) is 0. The summed E-state index contributed by atoms with van der Waals surface area (Å²) in [5.41, 5.74) is 4.75. The summed E-state index contributed by atoms with van der Waals surface area (Å²) in [6, 6.07) is 1.86. The van der Waals surface area contributed by atoms with Gasteiger partial charge < -0.3 is 0 Å². The van der Waals surface area contributed by atoms with Gasteiger partial charge in [-0.25, -0.2) is 9.66 Å². The van der Waals surface area contributed by atoms with Gasteiger partial charge in [-0.15, -0.1) is 10.2 Å². The van der Waals surface area contributed by atoms with Crippen molar-refractivity contribution in [3.8, 4) is 0 Å². The number of fused-ring (bicyclic) bond motifs is 1. The molecule has 0 radical (unpaired) electrons. The molecule has 0 aliphatic carbocycles. The van der Waals surface area contributed by atoms with E-state index in [-0.39, 0.29) is 0 Å². The zero-order valence-electron chi connectivity index (χ0n) is 7.62. The van der Waals surface area contributed by atoms with Crippen molar-refractivity contribution < 1.29 is 0 Å². The van der Waals surface area contributed by atoms with E-state index in [0.717, 1.165) is 16.7 Å². The van der Waals surface area contributed by atoms with E-state index in [4.69, 9.17) is 0 Å². The number of hydrogen-bond donors (Lipinski definition) is 2. The van der Waals surface area contributed by atoms with Gasteiger partial charge in [0.15, 0.2) is 5.65 Å². The lowest BCUT2D eigenvalue weighted by atomic mass is 10.3. The number of nitrogens with one attached hydrogen (secondary N) is 2. The highest BCUT2D eigenvalue weighted by atomic mass is 15.5. The quantitative estimate of drug-likeness (QED) is 0.627. The van der Waals surface area contributed by atoms with Crippen LogP contribution in [0.15, 0.2) is 31.1 Å². The smallest absolute Gasteiger partial charge is 0.157 e. The second kappa shape index (κ2) is 3.05. The Morgan fingerprint density at radius 1 is 1.27 bits per heavy atom. The highest BCUT2D eigenvalue weighted by molar-refractivity contribution is 5.87. The maximum atomic E-state index is 4.13. The van der Waals surface area contributed by atoms with E-state index in [0.29, 0.717) is 0 Å². The number of anilines is 1. The Morgan fingerprint density at radius 3 is 3.00 bits per heavy atom. The largest absolute Gasteiger partial charge is 0.291 e. The van der Waals surface area contributed by atoms with Crippen LogP contribution in [-0.2, 0) is 0 Å². The Bertz CT molecular complexity index is 567. The molecule has 0 aromatic carbocycles. The molecule has 2 N–H and O–H groups in total. The van der Waals surface area contributed by atoms with E-state index in [1.807, 2.05) is 6.07 Å². The minimum Gasteiger partial charge on any atom is -0.291 e. The molecule has 74 valence electrons. The molecule has 3 rings (SSSR count). The van der Waals surface area contributed by atoms with Crippen molar-refractivity contribution in [1.29, 1.82) is 0 Å². The van der Waals surface area contributed by atoms with Crippen LogP contribution in [0.3, 0.4) is 0 Å². The Kier molecular flexibility index (Phi) is 1.61. The summed E-state index contributed by atoms with van der Waals surface area (Å²) in [7, 11) is 0. The van der Waals surface area contributed by atoms with Gasteiger partial charge in [-0.05, 0) is 6.07 Å². The Hall–Kier alpha value is -2.44. The number of hydrogen-bond acceptors (Lipinski definition) is 5. The summed E-state index contributed by atoms with van der Waals surface area (Å²) in [5, 5.41) is 15.0. The maximum absolute atomic E-state index is 4.13. The molecule has 0 amide bonds. The average Bonchev–Trinajstić information content (AvgIpc) is 2.87. The van der Waals surface area contributed by atoms with Crippen molar-refractivity contribution >= 4 is 16.7 Å². The van der Waals surface area contributed by atoms with E-state index in [9.17, 15) is 0 Å². The van der Waals surface area contributed by atoms with Crippen molar-refractivity contribution in [3.05, 3.63) is 31.1 Å². The Balaban J connectivity index is 2.07. The molecule has 0 bridgehead atoms. The standard InChI is InChI=1S/C8H7N7/c1-2-9-8-6(3-10-13-8)7(1)14-15-4-11-12-5-15/h1-5H,(H2,9,10,13,14). The second-order valence-corrected chi connectivity index (χ2v) is 2.97. The molecular weight excluding hydrogens is 194 g/mol. The lowest BCUT2D eigenvalue weighted by molar-refractivity contribution is 0.954. The second-order valence-electron chi connectivity index (χ2n) is 2.97. The van der Waals surface area contributed by atoms with Gasteiger partial charge in [-0.1, -0.05) is 0 Å². The van der Waals surface area contributed by atoms with Crippen molar-refractivity contribution in [2.24, 2.45) is 0 Å². The van der Waals surface area contributed by atoms with Crippen molar-refractivity contribution in [3.63, 3.8) is 0 Å². The predicted molar refractivity (Wildman–Crippen MR) is 52.9 cm³/mol. The van der Waals surface area contributed by atoms with Gasteiger partial charge >= 0.3 is 0 Å². The predicted octanol–water partition coefficient (Wildman–Crippen LogP) is 0.425. The molecule has 0 saturated carbocycles. The van der Waals surface area contributed by atoms with Gasteiger partial charge in [0.1, 0.15) is 12.7 Å². The summed E-state index contributed by atoms with van der Waals surface area (Å²) in [4.78, 5) is 4.13. The van der Waals surface area contributed by atoms with Gasteiger partial charge in [-0.2, -0.15) is 5.10 Å². The lowest BCUT2D eigenvalue weighted by Crippen LogP contribution is -2.06. The third kappa shape index (κ3) is 1.30. The maximum Gasteiger partial charge on any atom is 0.157 e. The van der Waals surface area contributed by atoms with Gasteiger partial charge in [0.25, 0.3) is 0 Å². The average molecular weight is 201 g/mol. The third-order valence-electron chi connectivity index (χ3n) is 2.02. The number of aromatic amines is 1. The van der Waals surface area contributed by atoms with E-state index in [1.54, 1.807) is 29.7 Å². The number of nitrogens with zero attached hydrogens (tertiary/aromatic N) is 5. The lowest BCUT2D eigenvalue weighted by Gasteiger charge is -2.05. The normalized spacial score (nSPS) is 10.7. The molecule has 0 atom stereocenters. The fraction of sp³-hybridized carbons (Fsp3) is 0. The molecule has 3 aromatic rings. The molecular formula is C8H7N7. The molecule has 15 heavy (non-hydrogen) atoms. The minimum absolute atomic E-state index is 0.744. The summed E-state index contributed by atoms with van der Waals surface area (Å²) < 4.78 is 1.65. The highest BCUT2D eigenvalue weighted by Crippen LogP contribution is 2.18. The van der Waals surface area contributed by atoms with Crippen LogP contribution in [0.1, 0.15) is 0 Å². The third-order valence-corrected chi connectivity index (χ3v) is 2.02. The SMILES string of the molecule is c1cc(Nn2cnnc2)c2cn[nH]c2n1. The molecule has 0 unspecified atom stereocenters. The number of H-pyrrole nitrogens is 1.